The van der Waals surface area contributed by atoms with Gasteiger partial charge in [-0.15, -0.1) is 0 Å². The highest BCUT2D eigenvalue weighted by molar-refractivity contribution is 6.34. The van der Waals surface area contributed by atoms with Crippen molar-refractivity contribution in [1.29, 1.82) is 0 Å². The molecule has 0 radical (unpaired) electrons. The van der Waals surface area contributed by atoms with Crippen molar-refractivity contribution in [2.45, 2.75) is 33.1 Å². The van der Waals surface area contributed by atoms with E-state index >= 15 is 0 Å². The van der Waals surface area contributed by atoms with E-state index in [1.165, 1.54) is 19.1 Å². The van der Waals surface area contributed by atoms with E-state index in [0.29, 0.717) is 42.3 Å². The highest BCUT2D eigenvalue weighted by atomic mass is 16.5. The van der Waals surface area contributed by atoms with E-state index in [0.717, 1.165) is 12.8 Å². The van der Waals surface area contributed by atoms with Gasteiger partial charge in [0.25, 0.3) is 0 Å². The summed E-state index contributed by atoms with van der Waals surface area (Å²) in [6.07, 6.45) is 2.44. The van der Waals surface area contributed by atoms with Crippen LogP contribution in [0.2, 0.25) is 0 Å². The maximum absolute atomic E-state index is 13.8. The number of carbonyl (C=O) groups excluding carboxylic acids is 3. The molecule has 6 N–H and O–H groups in total. The van der Waals surface area contributed by atoms with Crippen LogP contribution in [-0.4, -0.2) is 47.6 Å². The van der Waals surface area contributed by atoms with Crippen molar-refractivity contribution < 1.29 is 38.8 Å². The van der Waals surface area contributed by atoms with Gasteiger partial charge in [0.05, 0.1) is 42.1 Å². The molecule has 10 heteroatoms. The second-order valence-electron chi connectivity index (χ2n) is 10.7. The zero-order valence-electron chi connectivity index (χ0n) is 25.0. The molecule has 0 saturated carbocycles. The predicted octanol–water partition coefficient (Wildman–Crippen LogP) is 5.88. The molecule has 0 aromatic heterocycles. The number of phenolic OH excluding ortho intramolecular Hbond substituents is 2. The minimum atomic E-state index is -0.725. The first-order chi connectivity index (χ1) is 21.6. The Hall–Kier alpha value is -5.51. The lowest BCUT2D eigenvalue weighted by Gasteiger charge is -2.24. The average molecular weight is 611 g/mol. The highest BCUT2D eigenvalue weighted by Gasteiger charge is 2.39. The summed E-state index contributed by atoms with van der Waals surface area (Å²) in [6.45, 7) is 4.57. The van der Waals surface area contributed by atoms with Crippen molar-refractivity contribution in [2.75, 3.05) is 31.3 Å². The lowest BCUT2D eigenvalue weighted by atomic mass is 9.78. The molecule has 0 atom stereocenters. The average Bonchev–Trinajstić information content (AvgIpc) is 3.02. The summed E-state index contributed by atoms with van der Waals surface area (Å²) in [7, 11) is 0. The van der Waals surface area contributed by atoms with Crippen LogP contribution in [0.4, 0.5) is 11.4 Å². The third-order valence-electron chi connectivity index (χ3n) is 7.53. The third-order valence-corrected chi connectivity index (χ3v) is 7.53. The van der Waals surface area contributed by atoms with Gasteiger partial charge in [0.15, 0.2) is 0 Å². The molecule has 0 bridgehead atoms. The van der Waals surface area contributed by atoms with Crippen LogP contribution in [0.1, 0.15) is 65.0 Å². The second kappa shape index (κ2) is 13.0. The number of carbonyl (C=O) groups is 3. The number of hydrogen-bond acceptors (Lipinski definition) is 10. The smallest absolute Gasteiger partial charge is 0.302 e. The van der Waals surface area contributed by atoms with E-state index < -0.39 is 23.1 Å². The van der Waals surface area contributed by atoms with Crippen LogP contribution < -0.4 is 20.9 Å². The van der Waals surface area contributed by atoms with Crippen molar-refractivity contribution in [3.05, 3.63) is 82.9 Å². The molecule has 0 saturated heterocycles. The fourth-order valence-corrected chi connectivity index (χ4v) is 5.27. The molecule has 0 aliphatic heterocycles. The molecule has 45 heavy (non-hydrogen) atoms. The molecule has 1 aliphatic carbocycles. The molecule has 232 valence electrons. The summed E-state index contributed by atoms with van der Waals surface area (Å²) < 4.78 is 16.3. The Labute approximate surface area is 260 Å². The Morgan fingerprint density at radius 3 is 1.49 bits per heavy atom. The number of phenols is 2. The van der Waals surface area contributed by atoms with Gasteiger partial charge in [-0.3, -0.25) is 14.4 Å². The molecule has 10 nitrogen and oxygen atoms in total. The Balaban J connectivity index is 1.45. The second-order valence-corrected chi connectivity index (χ2v) is 10.7. The van der Waals surface area contributed by atoms with Crippen LogP contribution in [0.15, 0.2) is 60.7 Å². The van der Waals surface area contributed by atoms with Crippen LogP contribution in [0.3, 0.4) is 0 Å². The van der Waals surface area contributed by atoms with Crippen LogP contribution in [0.25, 0.3) is 22.3 Å². The first kappa shape index (κ1) is 30.9. The lowest BCUT2D eigenvalue weighted by Crippen LogP contribution is -2.24. The van der Waals surface area contributed by atoms with Gasteiger partial charge < -0.3 is 35.9 Å². The summed E-state index contributed by atoms with van der Waals surface area (Å²) in [5.74, 6) is -1.43. The van der Waals surface area contributed by atoms with E-state index in [2.05, 4.69) is 6.92 Å². The maximum Gasteiger partial charge on any atom is 0.302 e. The zero-order valence-corrected chi connectivity index (χ0v) is 25.0. The van der Waals surface area contributed by atoms with Gasteiger partial charge in [-0.1, -0.05) is 37.6 Å². The normalized spacial score (nSPS) is 12.0. The van der Waals surface area contributed by atoms with Gasteiger partial charge in [-0.05, 0) is 53.9 Å². The fraction of sp³-hybridized carbons (Fsp3) is 0.229. The quantitative estimate of drug-likeness (QED) is 0.0612. The molecule has 4 aromatic rings. The van der Waals surface area contributed by atoms with Crippen LogP contribution in [0.5, 0.6) is 23.0 Å². The monoisotopic (exact) mass is 610 g/mol. The number of anilines is 2. The molecule has 4 aromatic carbocycles. The van der Waals surface area contributed by atoms with Gasteiger partial charge in [-0.2, -0.15) is 0 Å². The Morgan fingerprint density at radius 2 is 1.09 bits per heavy atom. The van der Waals surface area contributed by atoms with Crippen molar-refractivity contribution in [3.8, 4) is 45.3 Å². The number of hydrogen-bond donors (Lipinski definition) is 4. The number of nitrogens with two attached hydrogens (primary N) is 2. The van der Waals surface area contributed by atoms with Crippen molar-refractivity contribution in [3.63, 3.8) is 0 Å². The number of rotatable bonds is 11. The molecule has 5 rings (SSSR count). The van der Waals surface area contributed by atoms with E-state index in [1.807, 2.05) is 0 Å². The molecule has 0 fully saturated rings. The molecule has 0 heterocycles. The van der Waals surface area contributed by atoms with Crippen molar-refractivity contribution in [1.82, 2.24) is 0 Å². The minimum Gasteiger partial charge on any atom is -0.506 e. The SMILES string of the molecule is CCCCOc1ccc(-c2cc(N)c3c(c2O)C(=O)c2c(N)cc(-c4ccc(OCCCOC(C)=O)cc4)c(O)c2C3=O)cc1. The maximum atomic E-state index is 13.8. The van der Waals surface area contributed by atoms with E-state index in [-0.39, 0.29) is 57.3 Å². The van der Waals surface area contributed by atoms with E-state index in [9.17, 15) is 24.6 Å². The summed E-state index contributed by atoms with van der Waals surface area (Å²) >= 11 is 0. The predicted molar refractivity (Wildman–Crippen MR) is 170 cm³/mol. The van der Waals surface area contributed by atoms with Crippen LogP contribution in [0, 0.1) is 0 Å². The van der Waals surface area contributed by atoms with E-state index in [4.69, 9.17) is 25.7 Å². The lowest BCUT2D eigenvalue weighted by molar-refractivity contribution is -0.141. The number of nitrogen functional groups attached to an aromatic ring is 2. The largest absolute Gasteiger partial charge is 0.506 e. The summed E-state index contributed by atoms with van der Waals surface area (Å²) in [5, 5.41) is 22.6. The van der Waals surface area contributed by atoms with Crippen LogP contribution >= 0.6 is 0 Å². The van der Waals surface area contributed by atoms with Crippen molar-refractivity contribution >= 4 is 28.9 Å². The summed E-state index contributed by atoms with van der Waals surface area (Å²) in [6, 6.07) is 16.5. The van der Waals surface area contributed by atoms with Gasteiger partial charge in [0, 0.05) is 35.8 Å². The minimum absolute atomic E-state index is 0.0244. The molecule has 1 aliphatic rings. The van der Waals surface area contributed by atoms with Crippen LogP contribution in [-0.2, 0) is 9.53 Å². The third kappa shape index (κ3) is 6.12. The Bertz CT molecular complexity index is 1780. The first-order valence-corrected chi connectivity index (χ1v) is 14.6. The Kier molecular flexibility index (Phi) is 8.94. The standard InChI is InChI=1S/C35H34N2O8/c1-3-4-14-44-22-10-6-20(7-11-22)24-17-26(36)28-30(32(24)39)34(41)29-27(37)18-25(33(40)31(29)35(28)42)21-8-12-23(13-9-21)45-16-5-15-43-19(2)38/h6-13,17-18,39-40H,3-5,14-16,36-37H2,1-2H3. The fourth-order valence-electron chi connectivity index (χ4n) is 5.27. The Morgan fingerprint density at radius 1 is 0.667 bits per heavy atom. The van der Waals surface area contributed by atoms with E-state index in [1.54, 1.807) is 48.5 Å². The zero-order chi connectivity index (χ0) is 32.2. The van der Waals surface area contributed by atoms with Gasteiger partial charge in [0.1, 0.15) is 23.0 Å². The topological polar surface area (TPSA) is 171 Å². The number of aromatic hydroxyl groups is 2. The molecule has 0 unspecified atom stereocenters. The first-order valence-electron chi connectivity index (χ1n) is 14.6. The molecular weight excluding hydrogens is 576 g/mol. The van der Waals surface area contributed by atoms with Crippen molar-refractivity contribution in [2.24, 2.45) is 0 Å². The molecule has 0 amide bonds. The number of unbranched alkanes of at least 4 members (excludes halogenated alkanes) is 1. The summed E-state index contributed by atoms with van der Waals surface area (Å²) in [5.41, 5.74) is 13.3. The van der Waals surface area contributed by atoms with Gasteiger partial charge in [0.2, 0.25) is 11.6 Å². The number of ether oxygens (including phenoxy) is 3. The number of ketones is 2. The summed E-state index contributed by atoms with van der Waals surface area (Å²) in [4.78, 5) is 38.6. The highest BCUT2D eigenvalue weighted by Crippen LogP contribution is 2.47. The number of fused-ring (bicyclic) bond motifs is 2. The molecular formula is C35H34N2O8. The van der Waals surface area contributed by atoms with Gasteiger partial charge >= 0.3 is 5.97 Å². The van der Waals surface area contributed by atoms with Gasteiger partial charge in [-0.25, -0.2) is 0 Å². The number of esters is 1. The molecule has 0 spiro atoms. The number of benzene rings is 4.